The van der Waals surface area contributed by atoms with Gasteiger partial charge in [0.25, 0.3) is 0 Å². The summed E-state index contributed by atoms with van der Waals surface area (Å²) in [5.41, 5.74) is 8.41. The fraction of sp³-hybridized carbons (Fsp3) is 0.500. The van der Waals surface area contributed by atoms with Crippen molar-refractivity contribution in [1.82, 2.24) is 0 Å². The van der Waals surface area contributed by atoms with Gasteiger partial charge in [0.05, 0.1) is 6.61 Å². The average Bonchev–Trinajstić information content (AvgIpc) is 2.17. The molecule has 0 saturated carbocycles. The van der Waals surface area contributed by atoms with Crippen LogP contribution in [0.4, 0.5) is 0 Å². The number of aryl methyl sites for hydroxylation is 1. The van der Waals surface area contributed by atoms with E-state index in [0.29, 0.717) is 5.92 Å². The molecule has 2 atom stereocenters. The number of rotatable bonds is 1. The highest BCUT2D eigenvalue weighted by Crippen LogP contribution is 2.30. The Kier molecular flexibility index (Phi) is 2.46. The summed E-state index contributed by atoms with van der Waals surface area (Å²) in [6.07, 6.45) is 1.05. The topological polar surface area (TPSA) is 35.2 Å². The third kappa shape index (κ3) is 1.62. The summed E-state index contributed by atoms with van der Waals surface area (Å²) < 4.78 is 5.75. The Morgan fingerprint density at radius 1 is 1.50 bits per heavy atom. The standard InChI is InChI=1S/C12H17NO/c1-8-4-3-5-10-6-11(9(2)13)7-14-12(8)10/h3-5,9,11H,6-7,13H2,1-2H3/t9-,11?/m1/s1. The lowest BCUT2D eigenvalue weighted by Gasteiger charge is -2.28. The molecule has 76 valence electrons. The second kappa shape index (κ2) is 3.62. The van der Waals surface area contributed by atoms with Crippen LogP contribution in [0.5, 0.6) is 5.75 Å². The number of hydrogen-bond acceptors (Lipinski definition) is 2. The molecule has 1 aliphatic heterocycles. The monoisotopic (exact) mass is 191 g/mol. The van der Waals surface area contributed by atoms with Crippen LogP contribution in [0.25, 0.3) is 0 Å². The average molecular weight is 191 g/mol. The van der Waals surface area contributed by atoms with E-state index in [-0.39, 0.29) is 6.04 Å². The lowest BCUT2D eigenvalue weighted by Crippen LogP contribution is -2.35. The van der Waals surface area contributed by atoms with Crippen LogP contribution in [0, 0.1) is 12.8 Å². The first-order valence-corrected chi connectivity index (χ1v) is 5.15. The minimum absolute atomic E-state index is 0.212. The van der Waals surface area contributed by atoms with E-state index in [9.17, 15) is 0 Å². The summed E-state index contributed by atoms with van der Waals surface area (Å²) in [5, 5.41) is 0. The van der Waals surface area contributed by atoms with Gasteiger partial charge in [-0.15, -0.1) is 0 Å². The molecular formula is C12H17NO. The molecule has 2 heteroatoms. The van der Waals surface area contributed by atoms with Gasteiger partial charge in [-0.05, 0) is 31.4 Å². The molecule has 14 heavy (non-hydrogen) atoms. The fourth-order valence-electron chi connectivity index (χ4n) is 1.95. The van der Waals surface area contributed by atoms with Crippen LogP contribution in [0.15, 0.2) is 18.2 Å². The van der Waals surface area contributed by atoms with Gasteiger partial charge in [0.2, 0.25) is 0 Å². The normalized spacial score (nSPS) is 22.4. The minimum atomic E-state index is 0.212. The SMILES string of the molecule is Cc1cccc2c1OCC([C@@H](C)N)C2. The molecule has 1 unspecified atom stereocenters. The molecule has 0 fully saturated rings. The van der Waals surface area contributed by atoms with Crippen LogP contribution in [0.2, 0.25) is 0 Å². The Hall–Kier alpha value is -1.02. The Balaban J connectivity index is 2.27. The van der Waals surface area contributed by atoms with E-state index in [0.717, 1.165) is 18.8 Å². The van der Waals surface area contributed by atoms with Crippen molar-refractivity contribution < 1.29 is 4.74 Å². The van der Waals surface area contributed by atoms with Crippen molar-refractivity contribution >= 4 is 0 Å². The lowest BCUT2D eigenvalue weighted by atomic mass is 9.91. The van der Waals surface area contributed by atoms with Crippen LogP contribution in [0.3, 0.4) is 0 Å². The van der Waals surface area contributed by atoms with Crippen LogP contribution in [-0.4, -0.2) is 12.6 Å². The molecule has 0 bridgehead atoms. The first-order chi connectivity index (χ1) is 6.68. The second-order valence-electron chi connectivity index (χ2n) is 4.20. The predicted molar refractivity (Wildman–Crippen MR) is 57.5 cm³/mol. The number of para-hydroxylation sites is 1. The molecular weight excluding hydrogens is 174 g/mol. The van der Waals surface area contributed by atoms with Gasteiger partial charge in [-0.2, -0.15) is 0 Å². The third-order valence-corrected chi connectivity index (χ3v) is 2.96. The minimum Gasteiger partial charge on any atom is -0.493 e. The van der Waals surface area contributed by atoms with Gasteiger partial charge in [-0.3, -0.25) is 0 Å². The van der Waals surface area contributed by atoms with Crippen molar-refractivity contribution in [3.63, 3.8) is 0 Å². The smallest absolute Gasteiger partial charge is 0.125 e. The highest BCUT2D eigenvalue weighted by Gasteiger charge is 2.23. The molecule has 0 radical (unpaired) electrons. The van der Waals surface area contributed by atoms with Crippen LogP contribution in [0.1, 0.15) is 18.1 Å². The van der Waals surface area contributed by atoms with Gasteiger partial charge in [0.1, 0.15) is 5.75 Å². The van der Waals surface area contributed by atoms with Gasteiger partial charge in [-0.25, -0.2) is 0 Å². The Labute approximate surface area is 85.1 Å². The molecule has 0 spiro atoms. The lowest BCUT2D eigenvalue weighted by molar-refractivity contribution is 0.203. The first kappa shape index (κ1) is 9.53. The largest absolute Gasteiger partial charge is 0.493 e. The maximum atomic E-state index is 5.88. The number of hydrogen-bond donors (Lipinski definition) is 1. The van der Waals surface area contributed by atoms with Crippen LogP contribution < -0.4 is 10.5 Å². The predicted octanol–water partition coefficient (Wildman–Crippen LogP) is 1.89. The molecule has 2 rings (SSSR count). The molecule has 1 heterocycles. The van der Waals surface area contributed by atoms with E-state index in [4.69, 9.17) is 10.5 Å². The number of benzene rings is 1. The van der Waals surface area contributed by atoms with Gasteiger partial charge >= 0.3 is 0 Å². The fourth-order valence-corrected chi connectivity index (χ4v) is 1.95. The molecule has 0 aliphatic carbocycles. The zero-order valence-electron chi connectivity index (χ0n) is 8.79. The molecule has 1 aromatic carbocycles. The van der Waals surface area contributed by atoms with Crippen molar-refractivity contribution in [1.29, 1.82) is 0 Å². The summed E-state index contributed by atoms with van der Waals surface area (Å²) in [6, 6.07) is 6.52. The highest BCUT2D eigenvalue weighted by atomic mass is 16.5. The van der Waals surface area contributed by atoms with Crippen molar-refractivity contribution in [2.75, 3.05) is 6.61 Å². The Morgan fingerprint density at radius 2 is 2.29 bits per heavy atom. The van der Waals surface area contributed by atoms with E-state index >= 15 is 0 Å². The van der Waals surface area contributed by atoms with E-state index in [2.05, 4.69) is 32.0 Å². The van der Waals surface area contributed by atoms with Crippen LogP contribution in [-0.2, 0) is 6.42 Å². The van der Waals surface area contributed by atoms with Crippen molar-refractivity contribution in [2.24, 2.45) is 11.7 Å². The van der Waals surface area contributed by atoms with Crippen molar-refractivity contribution in [2.45, 2.75) is 26.3 Å². The number of nitrogens with two attached hydrogens (primary N) is 1. The van der Waals surface area contributed by atoms with E-state index in [1.165, 1.54) is 11.1 Å². The van der Waals surface area contributed by atoms with Gasteiger partial charge in [0.15, 0.2) is 0 Å². The summed E-state index contributed by atoms with van der Waals surface area (Å²) in [4.78, 5) is 0. The second-order valence-corrected chi connectivity index (χ2v) is 4.20. The van der Waals surface area contributed by atoms with Crippen LogP contribution >= 0.6 is 0 Å². The number of ether oxygens (including phenoxy) is 1. The molecule has 0 amide bonds. The zero-order valence-corrected chi connectivity index (χ0v) is 8.79. The molecule has 0 saturated heterocycles. The number of fused-ring (bicyclic) bond motifs is 1. The maximum absolute atomic E-state index is 5.88. The summed E-state index contributed by atoms with van der Waals surface area (Å²) >= 11 is 0. The maximum Gasteiger partial charge on any atom is 0.125 e. The van der Waals surface area contributed by atoms with Crippen molar-refractivity contribution in [3.05, 3.63) is 29.3 Å². The Bertz CT molecular complexity index is 333. The summed E-state index contributed by atoms with van der Waals surface area (Å²) in [6.45, 7) is 4.90. The molecule has 1 aromatic rings. The van der Waals surface area contributed by atoms with Gasteiger partial charge in [0, 0.05) is 12.0 Å². The zero-order chi connectivity index (χ0) is 10.1. The van der Waals surface area contributed by atoms with E-state index < -0.39 is 0 Å². The van der Waals surface area contributed by atoms with Gasteiger partial charge < -0.3 is 10.5 Å². The van der Waals surface area contributed by atoms with E-state index in [1.807, 2.05) is 0 Å². The molecule has 0 aromatic heterocycles. The highest BCUT2D eigenvalue weighted by molar-refractivity contribution is 5.42. The molecule has 1 aliphatic rings. The molecule has 2 nitrogen and oxygen atoms in total. The summed E-state index contributed by atoms with van der Waals surface area (Å²) in [5.74, 6) is 1.54. The van der Waals surface area contributed by atoms with E-state index in [1.54, 1.807) is 0 Å². The Morgan fingerprint density at radius 3 is 3.00 bits per heavy atom. The van der Waals surface area contributed by atoms with Gasteiger partial charge in [-0.1, -0.05) is 18.2 Å². The quantitative estimate of drug-likeness (QED) is 0.735. The first-order valence-electron chi connectivity index (χ1n) is 5.15. The third-order valence-electron chi connectivity index (χ3n) is 2.96. The van der Waals surface area contributed by atoms with Crippen molar-refractivity contribution in [3.8, 4) is 5.75 Å². The summed E-state index contributed by atoms with van der Waals surface area (Å²) in [7, 11) is 0. The molecule has 2 N–H and O–H groups in total.